The van der Waals surface area contributed by atoms with Crippen LogP contribution in [0.1, 0.15) is 35.2 Å². The molecule has 5 rings (SSSR count). The molecule has 0 aliphatic carbocycles. The van der Waals surface area contributed by atoms with Crippen molar-refractivity contribution in [2.24, 2.45) is 0 Å². The van der Waals surface area contributed by atoms with Gasteiger partial charge in [-0.25, -0.2) is 4.98 Å². The molecular formula is C27H23N3O4S. The van der Waals surface area contributed by atoms with Crippen LogP contribution < -0.4 is 9.64 Å². The zero-order chi connectivity index (χ0) is 24.7. The topological polar surface area (TPSA) is 92.6 Å². The van der Waals surface area contributed by atoms with Gasteiger partial charge in [0.2, 0.25) is 0 Å². The number of aryl methyl sites for hydroxylation is 2. The van der Waals surface area contributed by atoms with E-state index >= 15 is 0 Å². The lowest BCUT2D eigenvalue weighted by molar-refractivity contribution is -0.132. The number of pyridine rings is 1. The van der Waals surface area contributed by atoms with Crippen molar-refractivity contribution in [2.75, 3.05) is 11.5 Å². The van der Waals surface area contributed by atoms with Crippen molar-refractivity contribution >= 4 is 44.1 Å². The normalized spacial score (nSPS) is 17.3. The Morgan fingerprint density at radius 2 is 1.94 bits per heavy atom. The van der Waals surface area contributed by atoms with E-state index in [1.54, 1.807) is 30.6 Å². The van der Waals surface area contributed by atoms with Crippen LogP contribution in [0.25, 0.3) is 16.0 Å². The van der Waals surface area contributed by atoms with Crippen LogP contribution in [-0.2, 0) is 9.59 Å². The van der Waals surface area contributed by atoms with Crippen LogP contribution in [0.5, 0.6) is 5.75 Å². The zero-order valence-corrected chi connectivity index (χ0v) is 20.3. The molecule has 1 aliphatic rings. The summed E-state index contributed by atoms with van der Waals surface area (Å²) in [6.45, 7) is 6.34. The first-order chi connectivity index (χ1) is 16.9. The fourth-order valence-corrected chi connectivity index (χ4v) is 5.20. The highest BCUT2D eigenvalue weighted by molar-refractivity contribution is 7.22. The number of ketones is 1. The number of thiazole rings is 1. The number of nitrogens with zero attached hydrogens (tertiary/aromatic N) is 3. The molecule has 2 aromatic carbocycles. The van der Waals surface area contributed by atoms with E-state index in [0.717, 1.165) is 15.8 Å². The average molecular weight is 486 g/mol. The minimum Gasteiger partial charge on any atom is -0.507 e. The molecule has 2 aromatic heterocycles. The lowest BCUT2D eigenvalue weighted by Crippen LogP contribution is -2.29. The Morgan fingerprint density at radius 1 is 1.11 bits per heavy atom. The Morgan fingerprint density at radius 3 is 2.66 bits per heavy atom. The SMILES string of the molecule is CCOc1ccc2nc(N3C(=O)C(=O)/C(=C(/O)c4ccc(C)c(C)c4)C3c3cccnc3)sc2c1. The summed E-state index contributed by atoms with van der Waals surface area (Å²) in [7, 11) is 0. The maximum absolute atomic E-state index is 13.4. The van der Waals surface area contributed by atoms with Crippen LogP contribution in [0.4, 0.5) is 5.13 Å². The van der Waals surface area contributed by atoms with Gasteiger partial charge >= 0.3 is 5.91 Å². The van der Waals surface area contributed by atoms with E-state index in [4.69, 9.17) is 4.74 Å². The fourth-order valence-electron chi connectivity index (χ4n) is 4.18. The number of Topliss-reactive ketones (excluding diaryl/α,β-unsaturated/α-hetero) is 1. The summed E-state index contributed by atoms with van der Waals surface area (Å²) in [5.41, 5.74) is 3.82. The van der Waals surface area contributed by atoms with Gasteiger partial charge in [0.25, 0.3) is 5.78 Å². The van der Waals surface area contributed by atoms with Gasteiger partial charge in [0.1, 0.15) is 11.5 Å². The van der Waals surface area contributed by atoms with Crippen molar-refractivity contribution < 1.29 is 19.4 Å². The Bertz CT molecular complexity index is 1490. The number of anilines is 1. The maximum Gasteiger partial charge on any atom is 0.301 e. The number of carbonyl (C=O) groups excluding carboxylic acids is 2. The Kier molecular flexibility index (Phi) is 5.82. The van der Waals surface area contributed by atoms with Gasteiger partial charge < -0.3 is 9.84 Å². The van der Waals surface area contributed by atoms with Crippen LogP contribution >= 0.6 is 11.3 Å². The maximum atomic E-state index is 13.4. The van der Waals surface area contributed by atoms with Crippen LogP contribution in [-0.4, -0.2) is 33.4 Å². The number of hydrogen-bond donors (Lipinski definition) is 1. The second-order valence-electron chi connectivity index (χ2n) is 8.31. The monoisotopic (exact) mass is 485 g/mol. The highest BCUT2D eigenvalue weighted by Crippen LogP contribution is 2.44. The van der Waals surface area contributed by atoms with E-state index in [1.807, 2.05) is 51.1 Å². The molecule has 4 aromatic rings. The summed E-state index contributed by atoms with van der Waals surface area (Å²) in [4.78, 5) is 36.9. The van der Waals surface area contributed by atoms with Crippen molar-refractivity contribution in [3.8, 4) is 5.75 Å². The molecule has 7 nitrogen and oxygen atoms in total. The standard InChI is InChI=1S/C27H23N3O4S/c1-4-34-19-9-10-20-21(13-19)35-27(29-20)30-23(18-6-5-11-28-14-18)22(25(32)26(30)33)24(31)17-8-7-15(2)16(3)12-17/h5-14,23,31H,4H2,1-3H3/b24-22+. The van der Waals surface area contributed by atoms with E-state index in [-0.39, 0.29) is 11.3 Å². The van der Waals surface area contributed by atoms with Crippen molar-refractivity contribution in [3.05, 3.63) is 88.8 Å². The third-order valence-corrected chi connectivity index (χ3v) is 7.11. The van der Waals surface area contributed by atoms with E-state index in [2.05, 4.69) is 9.97 Å². The van der Waals surface area contributed by atoms with Gasteiger partial charge in [0.15, 0.2) is 5.13 Å². The number of amides is 1. The molecule has 1 N–H and O–H groups in total. The number of aliphatic hydroxyl groups is 1. The van der Waals surface area contributed by atoms with Gasteiger partial charge in [-0.1, -0.05) is 29.5 Å². The molecule has 1 amide bonds. The summed E-state index contributed by atoms with van der Waals surface area (Å²) in [6, 6.07) is 13.6. The first-order valence-corrected chi connectivity index (χ1v) is 12.0. The molecule has 1 aliphatic heterocycles. The first kappa shape index (κ1) is 22.7. The molecule has 8 heteroatoms. The van der Waals surface area contributed by atoms with Crippen LogP contribution in [0.3, 0.4) is 0 Å². The molecule has 35 heavy (non-hydrogen) atoms. The smallest absolute Gasteiger partial charge is 0.301 e. The number of ether oxygens (including phenoxy) is 1. The van der Waals surface area contributed by atoms with E-state index < -0.39 is 17.7 Å². The highest BCUT2D eigenvalue weighted by atomic mass is 32.1. The molecule has 0 spiro atoms. The van der Waals surface area contributed by atoms with Crippen LogP contribution in [0.2, 0.25) is 0 Å². The number of aromatic nitrogens is 2. The second kappa shape index (κ2) is 8.96. The van der Waals surface area contributed by atoms with Crippen molar-refractivity contribution in [2.45, 2.75) is 26.8 Å². The van der Waals surface area contributed by atoms with Gasteiger partial charge in [-0.2, -0.15) is 0 Å². The molecule has 3 heterocycles. The molecule has 1 unspecified atom stereocenters. The molecule has 0 bridgehead atoms. The molecule has 1 fully saturated rings. The summed E-state index contributed by atoms with van der Waals surface area (Å²) >= 11 is 1.29. The first-order valence-electron chi connectivity index (χ1n) is 11.2. The third kappa shape index (κ3) is 3.95. The summed E-state index contributed by atoms with van der Waals surface area (Å²) in [5, 5.41) is 11.6. The second-order valence-corrected chi connectivity index (χ2v) is 9.32. The summed E-state index contributed by atoms with van der Waals surface area (Å²) < 4.78 is 6.41. The summed E-state index contributed by atoms with van der Waals surface area (Å²) in [5.74, 6) is -1.02. The average Bonchev–Trinajstić information content (AvgIpc) is 3.39. The molecule has 1 saturated heterocycles. The van der Waals surface area contributed by atoms with Gasteiger partial charge in [0, 0.05) is 18.0 Å². The predicted octanol–water partition coefficient (Wildman–Crippen LogP) is 5.33. The molecule has 0 saturated carbocycles. The minimum atomic E-state index is -0.864. The molecular weight excluding hydrogens is 462 g/mol. The number of hydrogen-bond acceptors (Lipinski definition) is 7. The largest absolute Gasteiger partial charge is 0.507 e. The van der Waals surface area contributed by atoms with Crippen molar-refractivity contribution in [1.29, 1.82) is 0 Å². The van der Waals surface area contributed by atoms with Crippen LogP contribution in [0.15, 0.2) is 66.5 Å². The number of carbonyl (C=O) groups is 2. The van der Waals surface area contributed by atoms with Gasteiger partial charge in [-0.05, 0) is 67.8 Å². The lowest BCUT2D eigenvalue weighted by Gasteiger charge is -2.22. The lowest BCUT2D eigenvalue weighted by atomic mass is 9.95. The third-order valence-electron chi connectivity index (χ3n) is 6.09. The predicted molar refractivity (Wildman–Crippen MR) is 136 cm³/mol. The Balaban J connectivity index is 1.69. The Hall–Kier alpha value is -4.04. The zero-order valence-electron chi connectivity index (χ0n) is 19.5. The number of aliphatic hydroxyl groups excluding tert-OH is 1. The van der Waals surface area contributed by atoms with Crippen molar-refractivity contribution in [3.63, 3.8) is 0 Å². The van der Waals surface area contributed by atoms with Crippen molar-refractivity contribution in [1.82, 2.24) is 9.97 Å². The summed E-state index contributed by atoms with van der Waals surface area (Å²) in [6.07, 6.45) is 3.21. The van der Waals surface area contributed by atoms with Gasteiger partial charge in [-0.3, -0.25) is 19.5 Å². The fraction of sp³-hybridized carbons (Fsp3) is 0.185. The molecule has 0 radical (unpaired) electrons. The number of benzene rings is 2. The van der Waals surface area contributed by atoms with Crippen LogP contribution in [0, 0.1) is 13.8 Å². The minimum absolute atomic E-state index is 0.0144. The Labute approximate surface area is 206 Å². The van der Waals surface area contributed by atoms with E-state index in [0.29, 0.717) is 34.1 Å². The number of fused-ring (bicyclic) bond motifs is 1. The van der Waals surface area contributed by atoms with E-state index in [9.17, 15) is 14.7 Å². The van der Waals surface area contributed by atoms with Gasteiger partial charge in [-0.15, -0.1) is 0 Å². The van der Waals surface area contributed by atoms with E-state index in [1.165, 1.54) is 16.2 Å². The molecule has 1 atom stereocenters. The number of rotatable bonds is 5. The van der Waals surface area contributed by atoms with Gasteiger partial charge in [0.05, 0.1) is 28.4 Å². The quantitative estimate of drug-likeness (QED) is 0.233. The highest BCUT2D eigenvalue weighted by Gasteiger charge is 2.48. The molecule has 176 valence electrons.